The third-order valence-corrected chi connectivity index (χ3v) is 5.84. The second-order valence-electron chi connectivity index (χ2n) is 6.67. The van der Waals surface area contributed by atoms with Crippen molar-refractivity contribution in [2.45, 2.75) is 31.7 Å². The van der Waals surface area contributed by atoms with Crippen LogP contribution in [0.25, 0.3) is 0 Å². The fraction of sp³-hybridized carbons (Fsp3) is 0.556. The van der Waals surface area contributed by atoms with Crippen LogP contribution in [0.5, 0.6) is 0 Å². The number of sulfonamides is 1. The van der Waals surface area contributed by atoms with Gasteiger partial charge in [0.25, 0.3) is 0 Å². The molecule has 1 atom stereocenters. The van der Waals surface area contributed by atoms with Crippen molar-refractivity contribution in [1.29, 1.82) is 0 Å². The molecule has 2 rings (SSSR count). The van der Waals surface area contributed by atoms with Gasteiger partial charge in [-0.2, -0.15) is 4.72 Å². The number of nitrogens with zero attached hydrogens (tertiary/aromatic N) is 2. The number of rotatable bonds is 6. The maximum atomic E-state index is 12.9. The highest BCUT2D eigenvalue weighted by atomic mass is 32.2. The van der Waals surface area contributed by atoms with Crippen molar-refractivity contribution in [3.8, 4) is 0 Å². The Bertz CT molecular complexity index is 744. The maximum absolute atomic E-state index is 12.9. The van der Waals surface area contributed by atoms with Crippen molar-refractivity contribution in [1.82, 2.24) is 14.5 Å². The molecule has 0 aromatic heterocycles. The molecule has 1 saturated heterocycles. The molecule has 1 aromatic rings. The molecule has 1 aliphatic heterocycles. The summed E-state index contributed by atoms with van der Waals surface area (Å²) in [7, 11) is -3.80. The maximum Gasteiger partial charge on any atom is 0.409 e. The Morgan fingerprint density at radius 1 is 1.07 bits per heavy atom. The van der Waals surface area contributed by atoms with E-state index in [1.54, 1.807) is 48.8 Å². The largest absolute Gasteiger partial charge is 0.450 e. The second-order valence-corrected chi connectivity index (χ2v) is 8.38. The van der Waals surface area contributed by atoms with Crippen LogP contribution >= 0.6 is 0 Å². The van der Waals surface area contributed by atoms with E-state index >= 15 is 0 Å². The quantitative estimate of drug-likeness (QED) is 0.780. The Hall–Kier alpha value is -2.13. The van der Waals surface area contributed by atoms with Crippen molar-refractivity contribution in [3.05, 3.63) is 30.3 Å². The number of hydrogen-bond donors (Lipinski definition) is 1. The molecule has 1 unspecified atom stereocenters. The molecule has 2 amide bonds. The van der Waals surface area contributed by atoms with Gasteiger partial charge in [0.15, 0.2) is 0 Å². The van der Waals surface area contributed by atoms with Gasteiger partial charge >= 0.3 is 6.09 Å². The Morgan fingerprint density at radius 2 is 1.63 bits per heavy atom. The summed E-state index contributed by atoms with van der Waals surface area (Å²) in [6, 6.07) is 7.10. The Balaban J connectivity index is 2.05. The van der Waals surface area contributed by atoms with E-state index in [1.165, 1.54) is 12.1 Å². The molecule has 150 valence electrons. The summed E-state index contributed by atoms with van der Waals surface area (Å²) in [6.45, 7) is 7.04. The van der Waals surface area contributed by atoms with Gasteiger partial charge in [-0.1, -0.05) is 32.0 Å². The van der Waals surface area contributed by atoms with Gasteiger partial charge in [-0.15, -0.1) is 0 Å². The van der Waals surface area contributed by atoms with E-state index in [4.69, 9.17) is 4.74 Å². The lowest BCUT2D eigenvalue weighted by Gasteiger charge is -2.36. The Morgan fingerprint density at radius 3 is 2.15 bits per heavy atom. The van der Waals surface area contributed by atoms with E-state index in [1.807, 2.05) is 0 Å². The molecule has 8 nitrogen and oxygen atoms in total. The zero-order valence-electron chi connectivity index (χ0n) is 15.9. The van der Waals surface area contributed by atoms with E-state index in [0.717, 1.165) is 0 Å². The molecule has 0 bridgehead atoms. The molecular formula is C18H27N3O5S. The van der Waals surface area contributed by atoms with Gasteiger partial charge in [0.2, 0.25) is 15.9 Å². The first-order chi connectivity index (χ1) is 12.8. The third kappa shape index (κ3) is 5.43. The van der Waals surface area contributed by atoms with E-state index in [0.29, 0.717) is 32.8 Å². The van der Waals surface area contributed by atoms with Crippen LogP contribution in [0.3, 0.4) is 0 Å². The smallest absolute Gasteiger partial charge is 0.409 e. The summed E-state index contributed by atoms with van der Waals surface area (Å²) in [5.41, 5.74) is 0. The van der Waals surface area contributed by atoms with Crippen molar-refractivity contribution in [2.75, 3.05) is 32.8 Å². The molecule has 0 aliphatic carbocycles. The van der Waals surface area contributed by atoms with Crippen molar-refractivity contribution in [3.63, 3.8) is 0 Å². The summed E-state index contributed by atoms with van der Waals surface area (Å²) >= 11 is 0. The zero-order valence-corrected chi connectivity index (χ0v) is 16.7. The monoisotopic (exact) mass is 397 g/mol. The van der Waals surface area contributed by atoms with Gasteiger partial charge in [-0.05, 0) is 25.0 Å². The summed E-state index contributed by atoms with van der Waals surface area (Å²) in [5.74, 6) is -0.507. The summed E-state index contributed by atoms with van der Waals surface area (Å²) < 4.78 is 32.7. The molecule has 1 N–H and O–H groups in total. The molecule has 1 fully saturated rings. The average molecular weight is 397 g/mol. The van der Waals surface area contributed by atoms with Gasteiger partial charge in [0.1, 0.15) is 6.04 Å². The molecular weight excluding hydrogens is 370 g/mol. The van der Waals surface area contributed by atoms with Crippen molar-refractivity contribution in [2.24, 2.45) is 5.92 Å². The van der Waals surface area contributed by atoms with Crippen LogP contribution in [0, 0.1) is 5.92 Å². The van der Waals surface area contributed by atoms with Gasteiger partial charge < -0.3 is 14.5 Å². The van der Waals surface area contributed by atoms with Crippen LogP contribution in [0.4, 0.5) is 4.79 Å². The first-order valence-electron chi connectivity index (χ1n) is 9.04. The minimum absolute atomic E-state index is 0.121. The van der Waals surface area contributed by atoms with Crippen molar-refractivity contribution < 1.29 is 22.7 Å². The number of carbonyl (C=O) groups excluding carboxylic acids is 2. The van der Waals surface area contributed by atoms with Crippen LogP contribution < -0.4 is 4.72 Å². The van der Waals surface area contributed by atoms with Gasteiger partial charge in [0, 0.05) is 26.2 Å². The lowest BCUT2D eigenvalue weighted by atomic mass is 10.0. The minimum atomic E-state index is -3.80. The number of carbonyl (C=O) groups is 2. The fourth-order valence-corrected chi connectivity index (χ4v) is 4.19. The summed E-state index contributed by atoms with van der Waals surface area (Å²) in [5, 5.41) is 0. The number of amides is 2. The predicted molar refractivity (Wildman–Crippen MR) is 101 cm³/mol. The topological polar surface area (TPSA) is 96.0 Å². The van der Waals surface area contributed by atoms with Gasteiger partial charge in [-0.3, -0.25) is 4.79 Å². The summed E-state index contributed by atoms with van der Waals surface area (Å²) in [4.78, 5) is 27.9. The Labute approximate surface area is 160 Å². The zero-order chi connectivity index (χ0) is 20.0. The highest BCUT2D eigenvalue weighted by molar-refractivity contribution is 7.89. The molecule has 0 saturated carbocycles. The number of benzene rings is 1. The highest BCUT2D eigenvalue weighted by Crippen LogP contribution is 2.15. The number of ether oxygens (including phenoxy) is 1. The van der Waals surface area contributed by atoms with Crippen molar-refractivity contribution >= 4 is 22.0 Å². The predicted octanol–water partition coefficient (Wildman–Crippen LogP) is 1.29. The standard InChI is InChI=1S/C18H27N3O5S/c1-4-26-18(23)21-12-10-20(11-13-21)17(22)16(14(2)3)19-27(24,25)15-8-6-5-7-9-15/h5-9,14,16,19H,4,10-13H2,1-3H3. The van der Waals surface area contributed by atoms with Crippen LogP contribution in [0.15, 0.2) is 35.2 Å². The van der Waals surface area contributed by atoms with Gasteiger partial charge in [-0.25, -0.2) is 13.2 Å². The molecule has 0 radical (unpaired) electrons. The van der Waals surface area contributed by atoms with E-state index in [2.05, 4.69) is 4.72 Å². The van der Waals surface area contributed by atoms with E-state index in [9.17, 15) is 18.0 Å². The molecule has 1 aromatic carbocycles. The first kappa shape index (κ1) is 21.2. The molecule has 0 spiro atoms. The highest BCUT2D eigenvalue weighted by Gasteiger charge is 2.33. The number of hydrogen-bond acceptors (Lipinski definition) is 5. The average Bonchev–Trinajstić information content (AvgIpc) is 2.66. The van der Waals surface area contributed by atoms with Crippen LogP contribution in [0.1, 0.15) is 20.8 Å². The lowest BCUT2D eigenvalue weighted by molar-refractivity contribution is -0.135. The summed E-state index contributed by atoms with van der Waals surface area (Å²) in [6.07, 6.45) is -0.394. The molecule has 1 heterocycles. The number of nitrogens with one attached hydrogen (secondary N) is 1. The van der Waals surface area contributed by atoms with Crippen LogP contribution in [-0.4, -0.2) is 69.0 Å². The van der Waals surface area contributed by atoms with E-state index in [-0.39, 0.29) is 16.7 Å². The van der Waals surface area contributed by atoms with E-state index < -0.39 is 22.2 Å². The molecule has 27 heavy (non-hydrogen) atoms. The molecule has 9 heteroatoms. The third-order valence-electron chi connectivity index (χ3n) is 4.39. The Kier molecular flexibility index (Phi) is 7.20. The van der Waals surface area contributed by atoms with Gasteiger partial charge in [0.05, 0.1) is 11.5 Å². The lowest BCUT2D eigenvalue weighted by Crippen LogP contribution is -2.57. The van der Waals surface area contributed by atoms with Crippen LogP contribution in [-0.2, 0) is 19.6 Å². The minimum Gasteiger partial charge on any atom is -0.450 e. The SMILES string of the molecule is CCOC(=O)N1CCN(C(=O)C(NS(=O)(=O)c2ccccc2)C(C)C)CC1. The second kappa shape index (κ2) is 9.18. The van der Waals surface area contributed by atoms with Crippen LogP contribution in [0.2, 0.25) is 0 Å². The molecule has 1 aliphatic rings. The number of piperazine rings is 1. The first-order valence-corrected chi connectivity index (χ1v) is 10.5. The fourth-order valence-electron chi connectivity index (χ4n) is 2.83. The normalized spacial score (nSPS) is 16.3.